The van der Waals surface area contributed by atoms with E-state index in [1.807, 2.05) is 13.8 Å². The molecular formula is C29H43N6O7P. The number of nitrogens with zero attached hydrogens (tertiary/aromatic N) is 1. The largest absolute Gasteiger partial charge is 0.353 e. The number of benzene rings is 2. The molecule has 2 aromatic rings. The quantitative estimate of drug-likeness (QED) is 0.0758. The van der Waals surface area contributed by atoms with Crippen molar-refractivity contribution >= 4 is 42.0 Å². The van der Waals surface area contributed by atoms with Crippen molar-refractivity contribution in [3.05, 3.63) is 47.5 Å². The van der Waals surface area contributed by atoms with Crippen molar-refractivity contribution in [1.82, 2.24) is 20.9 Å². The molecule has 1 aliphatic rings. The van der Waals surface area contributed by atoms with Gasteiger partial charge in [-0.15, -0.1) is 0 Å². The van der Waals surface area contributed by atoms with Crippen molar-refractivity contribution in [1.29, 1.82) is 0 Å². The van der Waals surface area contributed by atoms with Crippen LogP contribution in [0.15, 0.2) is 36.4 Å². The summed E-state index contributed by atoms with van der Waals surface area (Å²) in [5, 5.41) is 9.47. The van der Waals surface area contributed by atoms with Gasteiger partial charge in [-0.3, -0.25) is 34.0 Å². The monoisotopic (exact) mass is 618 g/mol. The minimum atomic E-state index is -4.87. The molecule has 1 aliphatic heterocycles. The Labute approximate surface area is 251 Å². The van der Waals surface area contributed by atoms with E-state index in [1.165, 1.54) is 0 Å². The van der Waals surface area contributed by atoms with Crippen LogP contribution in [-0.2, 0) is 14.2 Å². The lowest BCUT2D eigenvalue weighted by Gasteiger charge is -2.31. The van der Waals surface area contributed by atoms with E-state index in [-0.39, 0.29) is 38.4 Å². The molecule has 43 heavy (non-hydrogen) atoms. The van der Waals surface area contributed by atoms with Crippen LogP contribution in [0.2, 0.25) is 0 Å². The molecule has 0 radical (unpaired) electrons. The Hall–Kier alpha value is -3.19. The lowest BCUT2D eigenvalue weighted by Crippen LogP contribution is -2.55. The Bertz CT molecular complexity index is 1310. The Morgan fingerprint density at radius 1 is 0.907 bits per heavy atom. The van der Waals surface area contributed by atoms with Crippen LogP contribution in [0.3, 0.4) is 0 Å². The van der Waals surface area contributed by atoms with Gasteiger partial charge in [-0.2, -0.15) is 0 Å². The van der Waals surface area contributed by atoms with Crippen LogP contribution in [0.1, 0.15) is 66.7 Å². The zero-order valence-corrected chi connectivity index (χ0v) is 25.5. The van der Waals surface area contributed by atoms with Crippen molar-refractivity contribution < 1.29 is 33.5 Å². The maximum absolute atomic E-state index is 13.4. The molecule has 2 aromatic carbocycles. The first-order valence-electron chi connectivity index (χ1n) is 14.6. The second-order valence-electron chi connectivity index (χ2n) is 11.1. The molecule has 0 spiro atoms. The van der Waals surface area contributed by atoms with E-state index in [1.54, 1.807) is 36.4 Å². The summed E-state index contributed by atoms with van der Waals surface area (Å²) in [5.41, 5.74) is 11.7. The molecule has 1 unspecified atom stereocenters. The third-order valence-corrected chi connectivity index (χ3v) is 8.55. The zero-order valence-electron chi connectivity index (χ0n) is 24.6. The molecule has 0 saturated carbocycles. The number of unbranched alkanes of at least 4 members (excludes halogenated alkanes) is 1. The zero-order chi connectivity index (χ0) is 31.7. The van der Waals surface area contributed by atoms with Crippen LogP contribution < -0.4 is 27.4 Å². The Morgan fingerprint density at radius 3 is 2.07 bits per heavy atom. The van der Waals surface area contributed by atoms with Crippen molar-refractivity contribution in [2.45, 2.75) is 63.8 Å². The Kier molecular flexibility index (Phi) is 12.4. The summed E-state index contributed by atoms with van der Waals surface area (Å²) in [7, 11) is -4.87. The van der Waals surface area contributed by atoms with Gasteiger partial charge in [-0.1, -0.05) is 38.1 Å². The maximum Gasteiger partial charge on any atom is 0.342 e. The summed E-state index contributed by atoms with van der Waals surface area (Å²) in [6.45, 7) is 4.29. The topological polar surface area (TPSA) is 217 Å². The second-order valence-corrected chi connectivity index (χ2v) is 12.9. The number of rotatable bonds is 17. The van der Waals surface area contributed by atoms with Crippen molar-refractivity contribution in [3.63, 3.8) is 0 Å². The lowest BCUT2D eigenvalue weighted by atomic mass is 9.94. The first-order chi connectivity index (χ1) is 20.4. The predicted octanol–water partition coefficient (Wildman–Crippen LogP) is 1.02. The van der Waals surface area contributed by atoms with E-state index < -0.39 is 49.1 Å². The molecule has 1 heterocycles. The average molecular weight is 619 g/mol. The summed E-state index contributed by atoms with van der Waals surface area (Å²) >= 11 is 0. The number of hydrogen-bond donors (Lipinski definition) is 7. The van der Waals surface area contributed by atoms with Crippen LogP contribution >= 0.6 is 7.60 Å². The molecule has 0 saturated heterocycles. The van der Waals surface area contributed by atoms with E-state index in [0.29, 0.717) is 42.3 Å². The van der Waals surface area contributed by atoms with Gasteiger partial charge in [0, 0.05) is 36.1 Å². The highest BCUT2D eigenvalue weighted by Crippen LogP contribution is 2.42. The van der Waals surface area contributed by atoms with E-state index in [9.17, 15) is 33.5 Å². The molecule has 236 valence electrons. The molecule has 9 N–H and O–H groups in total. The summed E-state index contributed by atoms with van der Waals surface area (Å²) < 4.78 is 12.6. The second kappa shape index (κ2) is 15.5. The molecular weight excluding hydrogens is 575 g/mol. The van der Waals surface area contributed by atoms with Gasteiger partial charge in [0.15, 0.2) is 0 Å². The molecule has 13 nitrogen and oxygen atoms in total. The molecule has 14 heteroatoms. The predicted molar refractivity (Wildman–Crippen MR) is 163 cm³/mol. The normalized spacial score (nSPS) is 15.5. The molecule has 3 atom stereocenters. The van der Waals surface area contributed by atoms with Gasteiger partial charge in [0.2, 0.25) is 11.8 Å². The number of carbonyl (C=O) groups is 4. The SMILES string of the molecule is CC(C)C[C@H](N[C@H](CCN1C(=O)c2cccc3cccc(c23)C1=O)P(=O)(O)O)C(=O)NC(CCCCN)C(=O)NCCN. The van der Waals surface area contributed by atoms with E-state index in [2.05, 4.69) is 16.0 Å². The Balaban J connectivity index is 1.79. The standard InChI is InChI=1S/C29H43N6O7P/c1-18(2)17-23(27(37)34-22(11-3-4-13-30)26(36)32-15-14-31)33-24(43(40,41)42)12-16-35-28(38)20-9-5-7-19-8-6-10-21(25(19)20)29(35)39/h5-10,18,22-24,33H,3-4,11-17,30-31H2,1-2H3,(H,32,36)(H,34,37)(H2,40,41,42)/t22?,23-,24-/m0/s1. The fourth-order valence-corrected chi connectivity index (χ4v) is 6.02. The third kappa shape index (κ3) is 8.91. The first kappa shape index (κ1) is 34.3. The molecule has 0 aliphatic carbocycles. The fraction of sp³-hybridized carbons (Fsp3) is 0.517. The van der Waals surface area contributed by atoms with Crippen LogP contribution in [-0.4, -0.2) is 82.4 Å². The number of hydrogen-bond acceptors (Lipinski definition) is 8. The van der Waals surface area contributed by atoms with Crippen molar-refractivity contribution in [2.24, 2.45) is 17.4 Å². The summed E-state index contributed by atoms with van der Waals surface area (Å²) in [5.74, 6) is -3.72. The summed E-state index contributed by atoms with van der Waals surface area (Å²) in [4.78, 5) is 74.2. The van der Waals surface area contributed by atoms with Gasteiger partial charge >= 0.3 is 7.60 Å². The van der Waals surface area contributed by atoms with Gasteiger partial charge in [0.25, 0.3) is 11.8 Å². The highest BCUT2D eigenvalue weighted by atomic mass is 31.2. The highest BCUT2D eigenvalue weighted by Gasteiger charge is 2.38. The average Bonchev–Trinajstić information content (AvgIpc) is 2.95. The highest BCUT2D eigenvalue weighted by molar-refractivity contribution is 7.52. The molecule has 0 bridgehead atoms. The number of imide groups is 1. The number of nitrogens with two attached hydrogens (primary N) is 2. The number of nitrogens with one attached hydrogen (secondary N) is 3. The van der Waals surface area contributed by atoms with Gasteiger partial charge < -0.3 is 31.9 Å². The molecule has 0 aromatic heterocycles. The van der Waals surface area contributed by atoms with E-state index >= 15 is 0 Å². The van der Waals surface area contributed by atoms with Crippen molar-refractivity contribution in [2.75, 3.05) is 26.2 Å². The molecule has 3 rings (SSSR count). The smallest absolute Gasteiger partial charge is 0.342 e. The molecule has 4 amide bonds. The summed E-state index contributed by atoms with van der Waals surface area (Å²) in [6.07, 6.45) is 1.46. The van der Waals surface area contributed by atoms with Gasteiger partial charge in [0.1, 0.15) is 11.8 Å². The fourth-order valence-electron chi connectivity index (χ4n) is 5.19. The van der Waals surface area contributed by atoms with Gasteiger partial charge in [-0.05, 0) is 62.1 Å². The minimum Gasteiger partial charge on any atom is -0.353 e. The van der Waals surface area contributed by atoms with Gasteiger partial charge in [0.05, 0.1) is 6.04 Å². The van der Waals surface area contributed by atoms with E-state index in [0.717, 1.165) is 10.3 Å². The minimum absolute atomic E-state index is 0.0512. The third-order valence-electron chi connectivity index (χ3n) is 7.33. The summed E-state index contributed by atoms with van der Waals surface area (Å²) in [6, 6.07) is 8.30. The maximum atomic E-state index is 13.4. The lowest BCUT2D eigenvalue weighted by molar-refractivity contribution is -0.130. The van der Waals surface area contributed by atoms with Crippen LogP contribution in [0.5, 0.6) is 0 Å². The number of carbonyl (C=O) groups excluding carboxylic acids is 4. The number of amides is 4. The van der Waals surface area contributed by atoms with Crippen LogP contribution in [0.4, 0.5) is 0 Å². The van der Waals surface area contributed by atoms with Crippen molar-refractivity contribution in [3.8, 4) is 0 Å². The van der Waals surface area contributed by atoms with Crippen LogP contribution in [0, 0.1) is 5.92 Å². The Morgan fingerprint density at radius 2 is 1.53 bits per heavy atom. The molecule has 0 fully saturated rings. The van der Waals surface area contributed by atoms with E-state index in [4.69, 9.17) is 11.5 Å². The first-order valence-corrected chi connectivity index (χ1v) is 16.2. The van der Waals surface area contributed by atoms with Gasteiger partial charge in [-0.25, -0.2) is 0 Å². The van der Waals surface area contributed by atoms with Crippen LogP contribution in [0.25, 0.3) is 10.8 Å².